The Morgan fingerprint density at radius 3 is 2.75 bits per heavy atom. The molecule has 20 heavy (non-hydrogen) atoms. The van der Waals surface area contributed by atoms with Gasteiger partial charge in [-0.3, -0.25) is 4.79 Å². The average molecular weight is 342 g/mol. The summed E-state index contributed by atoms with van der Waals surface area (Å²) < 4.78 is 10.7. The van der Waals surface area contributed by atoms with Crippen LogP contribution in [0.5, 0.6) is 5.75 Å². The minimum Gasteiger partial charge on any atom is -0.496 e. The van der Waals surface area contributed by atoms with Gasteiger partial charge in [-0.2, -0.15) is 0 Å². The van der Waals surface area contributed by atoms with Gasteiger partial charge in [0.25, 0.3) is 5.91 Å². The van der Waals surface area contributed by atoms with Crippen LogP contribution in [-0.4, -0.2) is 37.1 Å². The third-order valence-corrected chi connectivity index (χ3v) is 4.76. The van der Waals surface area contributed by atoms with Gasteiger partial charge in [0.2, 0.25) is 0 Å². The van der Waals surface area contributed by atoms with Crippen molar-refractivity contribution in [2.24, 2.45) is 0 Å². The second-order valence-electron chi connectivity index (χ2n) is 5.18. The average Bonchev–Trinajstić information content (AvgIpc) is 2.48. The number of carbonyl (C=O) groups is 1. The molecule has 0 aliphatic carbocycles. The Balaban J connectivity index is 2.20. The predicted octanol–water partition coefficient (Wildman–Crippen LogP) is 2.68. The van der Waals surface area contributed by atoms with Gasteiger partial charge in [0.1, 0.15) is 5.75 Å². The van der Waals surface area contributed by atoms with Crippen LogP contribution in [0.2, 0.25) is 0 Å². The molecular weight excluding hydrogens is 322 g/mol. The fourth-order valence-electron chi connectivity index (χ4n) is 2.36. The lowest BCUT2D eigenvalue weighted by molar-refractivity contribution is 0.0441. The zero-order valence-corrected chi connectivity index (χ0v) is 13.5. The Morgan fingerprint density at radius 2 is 2.15 bits per heavy atom. The van der Waals surface area contributed by atoms with E-state index in [4.69, 9.17) is 9.47 Å². The number of ether oxygens (including phenoxy) is 2. The maximum Gasteiger partial charge on any atom is 0.255 e. The molecule has 1 heterocycles. The second kappa shape index (κ2) is 6.59. The first-order valence-electron chi connectivity index (χ1n) is 6.71. The summed E-state index contributed by atoms with van der Waals surface area (Å²) >= 11 is 3.52. The van der Waals surface area contributed by atoms with Crippen LogP contribution in [0.15, 0.2) is 18.2 Å². The van der Waals surface area contributed by atoms with Crippen LogP contribution in [0, 0.1) is 6.92 Å². The second-order valence-corrected chi connectivity index (χ2v) is 5.74. The maximum atomic E-state index is 12.6. The van der Waals surface area contributed by atoms with Gasteiger partial charge < -0.3 is 14.8 Å². The van der Waals surface area contributed by atoms with E-state index < -0.39 is 0 Å². The largest absolute Gasteiger partial charge is 0.496 e. The highest BCUT2D eigenvalue weighted by molar-refractivity contribution is 9.09. The third kappa shape index (κ3) is 3.33. The van der Waals surface area contributed by atoms with Gasteiger partial charge in [-0.25, -0.2) is 0 Å². The van der Waals surface area contributed by atoms with Gasteiger partial charge in [0.15, 0.2) is 0 Å². The normalized spacial score (nSPS) is 17.6. The molecule has 0 spiro atoms. The molecule has 2 rings (SSSR count). The number of rotatable bonds is 4. The summed E-state index contributed by atoms with van der Waals surface area (Å²) in [6.45, 7) is 3.32. The molecule has 1 aliphatic rings. The fraction of sp³-hybridized carbons (Fsp3) is 0.533. The number of halogens is 1. The number of amides is 1. The number of alkyl halides is 1. The van der Waals surface area contributed by atoms with Gasteiger partial charge >= 0.3 is 0 Å². The molecule has 1 aromatic rings. The van der Waals surface area contributed by atoms with Crippen LogP contribution in [0.25, 0.3) is 0 Å². The maximum absolute atomic E-state index is 12.6. The fourth-order valence-corrected chi connectivity index (χ4v) is 3.06. The van der Waals surface area contributed by atoms with E-state index in [1.807, 2.05) is 25.1 Å². The van der Waals surface area contributed by atoms with E-state index in [2.05, 4.69) is 21.2 Å². The number of benzene rings is 1. The highest BCUT2D eigenvalue weighted by Gasteiger charge is 2.33. The summed E-state index contributed by atoms with van der Waals surface area (Å²) in [4.78, 5) is 12.6. The number of hydrogen-bond acceptors (Lipinski definition) is 3. The number of carbonyl (C=O) groups excluding carboxylic acids is 1. The van der Waals surface area contributed by atoms with Crippen molar-refractivity contribution < 1.29 is 14.3 Å². The standard InChI is InChI=1S/C15H20BrNO3/c1-11-3-4-13(19-2)12(9-11)14(18)17-15(10-16)5-7-20-8-6-15/h3-4,9H,5-8,10H2,1-2H3,(H,17,18). The van der Waals surface area contributed by atoms with Crippen LogP contribution < -0.4 is 10.1 Å². The lowest BCUT2D eigenvalue weighted by Gasteiger charge is -2.36. The van der Waals surface area contributed by atoms with Gasteiger partial charge in [-0.1, -0.05) is 27.6 Å². The lowest BCUT2D eigenvalue weighted by atomic mass is 9.92. The first-order valence-corrected chi connectivity index (χ1v) is 7.83. The quantitative estimate of drug-likeness (QED) is 0.856. The molecule has 1 aliphatic heterocycles. The summed E-state index contributed by atoms with van der Waals surface area (Å²) in [6.07, 6.45) is 1.64. The van der Waals surface area contributed by atoms with E-state index >= 15 is 0 Å². The molecule has 0 atom stereocenters. The predicted molar refractivity (Wildman–Crippen MR) is 81.8 cm³/mol. The first-order chi connectivity index (χ1) is 9.60. The number of nitrogens with one attached hydrogen (secondary N) is 1. The zero-order valence-electron chi connectivity index (χ0n) is 11.9. The summed E-state index contributed by atoms with van der Waals surface area (Å²) in [7, 11) is 1.58. The van der Waals surface area contributed by atoms with Gasteiger partial charge in [0.05, 0.1) is 18.2 Å². The highest BCUT2D eigenvalue weighted by atomic mass is 79.9. The van der Waals surface area contributed by atoms with Crippen molar-refractivity contribution in [2.45, 2.75) is 25.3 Å². The van der Waals surface area contributed by atoms with Crippen LogP contribution in [0.4, 0.5) is 0 Å². The molecule has 5 heteroatoms. The van der Waals surface area contributed by atoms with E-state index in [0.717, 1.165) is 23.7 Å². The van der Waals surface area contributed by atoms with E-state index in [0.29, 0.717) is 24.5 Å². The molecule has 1 aromatic carbocycles. The molecule has 0 aromatic heterocycles. The van der Waals surface area contributed by atoms with Crippen molar-refractivity contribution in [3.8, 4) is 5.75 Å². The van der Waals surface area contributed by atoms with Crippen molar-refractivity contribution in [1.29, 1.82) is 0 Å². The minimum atomic E-state index is -0.232. The summed E-state index contributed by atoms with van der Waals surface area (Å²) in [5, 5.41) is 3.88. The van der Waals surface area contributed by atoms with Gasteiger partial charge in [-0.15, -0.1) is 0 Å². The summed E-state index contributed by atoms with van der Waals surface area (Å²) in [6, 6.07) is 5.62. The van der Waals surface area contributed by atoms with Gasteiger partial charge in [0, 0.05) is 18.5 Å². The smallest absolute Gasteiger partial charge is 0.255 e. The molecule has 0 radical (unpaired) electrons. The van der Waals surface area contributed by atoms with E-state index in [-0.39, 0.29) is 11.4 Å². The van der Waals surface area contributed by atoms with E-state index in [1.165, 1.54) is 0 Å². The van der Waals surface area contributed by atoms with Crippen molar-refractivity contribution >= 4 is 21.8 Å². The number of aryl methyl sites for hydroxylation is 1. The molecule has 1 amide bonds. The van der Waals surface area contributed by atoms with E-state index in [9.17, 15) is 4.79 Å². The first kappa shape index (κ1) is 15.3. The Labute approximate surface area is 128 Å². The summed E-state index contributed by atoms with van der Waals surface area (Å²) in [5.41, 5.74) is 1.39. The lowest BCUT2D eigenvalue weighted by Crippen LogP contribution is -2.53. The highest BCUT2D eigenvalue weighted by Crippen LogP contribution is 2.26. The zero-order chi connectivity index (χ0) is 14.6. The molecule has 1 saturated heterocycles. The Kier molecular flexibility index (Phi) is 5.05. The Hall–Kier alpha value is -1.07. The van der Waals surface area contributed by atoms with Crippen molar-refractivity contribution in [2.75, 3.05) is 25.7 Å². The van der Waals surface area contributed by atoms with Crippen molar-refractivity contribution in [1.82, 2.24) is 5.32 Å². The molecule has 4 nitrogen and oxygen atoms in total. The minimum absolute atomic E-state index is 0.0908. The number of hydrogen-bond donors (Lipinski definition) is 1. The molecule has 110 valence electrons. The number of methoxy groups -OCH3 is 1. The van der Waals surface area contributed by atoms with Crippen LogP contribution >= 0.6 is 15.9 Å². The van der Waals surface area contributed by atoms with Crippen LogP contribution in [0.1, 0.15) is 28.8 Å². The van der Waals surface area contributed by atoms with Crippen LogP contribution in [0.3, 0.4) is 0 Å². The molecule has 0 saturated carbocycles. The van der Waals surface area contributed by atoms with Crippen molar-refractivity contribution in [3.05, 3.63) is 29.3 Å². The molecular formula is C15H20BrNO3. The summed E-state index contributed by atoms with van der Waals surface area (Å²) in [5.74, 6) is 0.511. The topological polar surface area (TPSA) is 47.6 Å². The molecule has 0 unspecified atom stereocenters. The van der Waals surface area contributed by atoms with E-state index in [1.54, 1.807) is 7.11 Å². The molecule has 1 N–H and O–H groups in total. The SMILES string of the molecule is COc1ccc(C)cc1C(=O)NC1(CBr)CCOCC1. The molecule has 0 bridgehead atoms. The Bertz CT molecular complexity index is 484. The van der Waals surface area contributed by atoms with Crippen LogP contribution in [-0.2, 0) is 4.74 Å². The monoisotopic (exact) mass is 341 g/mol. The van der Waals surface area contributed by atoms with Gasteiger partial charge in [-0.05, 0) is 31.9 Å². The molecule has 1 fully saturated rings. The van der Waals surface area contributed by atoms with Crippen molar-refractivity contribution in [3.63, 3.8) is 0 Å². The Morgan fingerprint density at radius 1 is 1.45 bits per heavy atom. The third-order valence-electron chi connectivity index (χ3n) is 3.68.